The van der Waals surface area contributed by atoms with Crippen LogP contribution in [0.3, 0.4) is 0 Å². The van der Waals surface area contributed by atoms with E-state index in [0.717, 1.165) is 5.56 Å². The number of carbonyl (C=O) groups is 2. The quantitative estimate of drug-likeness (QED) is 0.831. The van der Waals surface area contributed by atoms with Crippen LogP contribution in [-0.2, 0) is 16.0 Å². The second kappa shape index (κ2) is 6.47. The summed E-state index contributed by atoms with van der Waals surface area (Å²) in [5, 5.41) is 11.7. The molecule has 21 heavy (non-hydrogen) atoms. The number of ether oxygens (including phenoxy) is 2. The van der Waals surface area contributed by atoms with Crippen LogP contribution in [-0.4, -0.2) is 29.8 Å². The van der Waals surface area contributed by atoms with Crippen LogP contribution in [0.25, 0.3) is 0 Å². The Bertz CT molecular complexity index is 543. The molecule has 1 aliphatic rings. The summed E-state index contributed by atoms with van der Waals surface area (Å²) < 4.78 is 10.4. The zero-order valence-electron chi connectivity index (χ0n) is 12.1. The van der Waals surface area contributed by atoms with Gasteiger partial charge in [-0.1, -0.05) is 26.3 Å². The van der Waals surface area contributed by atoms with Crippen LogP contribution in [0, 0.1) is 5.92 Å². The highest BCUT2D eigenvalue weighted by atomic mass is 16.7. The maximum atomic E-state index is 12.0. The molecule has 114 valence electrons. The van der Waals surface area contributed by atoms with Gasteiger partial charge in [-0.3, -0.25) is 4.79 Å². The first-order valence-electron chi connectivity index (χ1n) is 6.92. The third kappa shape index (κ3) is 3.65. The number of amides is 1. The summed E-state index contributed by atoms with van der Waals surface area (Å²) in [6, 6.07) is 4.39. The standard InChI is InChI=1S/C15H19NO5/c1-3-9(2)14(15(18)19)16-13(17)7-10-4-5-11-12(6-10)21-8-20-11/h4-6,9,14H,3,7-8H2,1-2H3,(H,16,17)(H,18,19)/t9-,14-/m0/s1. The molecule has 0 aromatic heterocycles. The summed E-state index contributed by atoms with van der Waals surface area (Å²) >= 11 is 0. The summed E-state index contributed by atoms with van der Waals surface area (Å²) in [5.74, 6) is -0.188. The van der Waals surface area contributed by atoms with Crippen molar-refractivity contribution in [1.29, 1.82) is 0 Å². The Labute approximate surface area is 123 Å². The van der Waals surface area contributed by atoms with Gasteiger partial charge in [-0.2, -0.15) is 0 Å². The van der Waals surface area contributed by atoms with Gasteiger partial charge in [0.2, 0.25) is 12.7 Å². The average Bonchev–Trinajstić information content (AvgIpc) is 2.91. The van der Waals surface area contributed by atoms with E-state index >= 15 is 0 Å². The van der Waals surface area contributed by atoms with Crippen molar-refractivity contribution in [2.24, 2.45) is 5.92 Å². The molecule has 0 fully saturated rings. The van der Waals surface area contributed by atoms with Gasteiger partial charge in [-0.15, -0.1) is 0 Å². The van der Waals surface area contributed by atoms with E-state index < -0.39 is 12.0 Å². The Morgan fingerprint density at radius 1 is 1.33 bits per heavy atom. The van der Waals surface area contributed by atoms with Crippen LogP contribution in [0.1, 0.15) is 25.8 Å². The molecular weight excluding hydrogens is 274 g/mol. The van der Waals surface area contributed by atoms with Gasteiger partial charge in [-0.25, -0.2) is 4.79 Å². The number of aliphatic carboxylic acids is 1. The Kier molecular flexibility index (Phi) is 4.67. The van der Waals surface area contributed by atoms with Crippen molar-refractivity contribution in [3.05, 3.63) is 23.8 Å². The minimum Gasteiger partial charge on any atom is -0.480 e. The highest BCUT2D eigenvalue weighted by molar-refractivity contribution is 5.85. The number of benzene rings is 1. The van der Waals surface area contributed by atoms with Gasteiger partial charge < -0.3 is 19.9 Å². The minimum absolute atomic E-state index is 0.108. The van der Waals surface area contributed by atoms with Gasteiger partial charge >= 0.3 is 5.97 Å². The van der Waals surface area contributed by atoms with Gasteiger partial charge in [-0.05, 0) is 23.6 Å². The van der Waals surface area contributed by atoms with Crippen LogP contribution in [0.5, 0.6) is 11.5 Å². The van der Waals surface area contributed by atoms with Crippen molar-refractivity contribution in [3.8, 4) is 11.5 Å². The van der Waals surface area contributed by atoms with E-state index in [1.807, 2.05) is 6.92 Å². The van der Waals surface area contributed by atoms with Crippen LogP contribution in [0.4, 0.5) is 0 Å². The number of carboxylic acids is 1. The monoisotopic (exact) mass is 293 g/mol. The predicted octanol–water partition coefficient (Wildman–Crippen LogP) is 1.57. The normalized spacial score (nSPS) is 15.3. The Balaban J connectivity index is 1.99. The second-order valence-corrected chi connectivity index (χ2v) is 5.13. The first-order chi connectivity index (χ1) is 10.0. The number of carboxylic acid groups (broad SMARTS) is 1. The number of nitrogens with one attached hydrogen (secondary N) is 1. The molecule has 6 heteroatoms. The number of hydrogen-bond acceptors (Lipinski definition) is 4. The highest BCUT2D eigenvalue weighted by Crippen LogP contribution is 2.32. The third-order valence-electron chi connectivity index (χ3n) is 3.60. The van der Waals surface area contributed by atoms with E-state index in [1.165, 1.54) is 0 Å². The van der Waals surface area contributed by atoms with Gasteiger partial charge in [0.15, 0.2) is 11.5 Å². The molecule has 0 spiro atoms. The summed E-state index contributed by atoms with van der Waals surface area (Å²) in [5.41, 5.74) is 0.755. The van der Waals surface area contributed by atoms with E-state index in [0.29, 0.717) is 17.9 Å². The molecular formula is C15H19NO5. The Hall–Kier alpha value is -2.24. The number of fused-ring (bicyclic) bond motifs is 1. The van der Waals surface area contributed by atoms with Crippen LogP contribution >= 0.6 is 0 Å². The number of hydrogen-bond donors (Lipinski definition) is 2. The summed E-state index contributed by atoms with van der Waals surface area (Å²) in [6.45, 7) is 3.88. The molecule has 0 aliphatic carbocycles. The van der Waals surface area contributed by atoms with E-state index in [1.54, 1.807) is 25.1 Å². The lowest BCUT2D eigenvalue weighted by Gasteiger charge is -2.20. The highest BCUT2D eigenvalue weighted by Gasteiger charge is 2.25. The van der Waals surface area contributed by atoms with Crippen LogP contribution in [0.15, 0.2) is 18.2 Å². The van der Waals surface area contributed by atoms with Crippen molar-refractivity contribution in [3.63, 3.8) is 0 Å². The molecule has 6 nitrogen and oxygen atoms in total. The lowest BCUT2D eigenvalue weighted by atomic mass is 9.99. The van der Waals surface area contributed by atoms with E-state index in [-0.39, 0.29) is 25.0 Å². The lowest BCUT2D eigenvalue weighted by molar-refractivity contribution is -0.143. The Morgan fingerprint density at radius 3 is 2.71 bits per heavy atom. The van der Waals surface area contributed by atoms with Gasteiger partial charge in [0.05, 0.1) is 6.42 Å². The first kappa shape index (κ1) is 15.2. The minimum atomic E-state index is -1.01. The topological polar surface area (TPSA) is 84.9 Å². The summed E-state index contributed by atoms with van der Waals surface area (Å²) in [7, 11) is 0. The zero-order chi connectivity index (χ0) is 15.4. The number of rotatable bonds is 6. The smallest absolute Gasteiger partial charge is 0.326 e. The van der Waals surface area contributed by atoms with Crippen molar-refractivity contribution in [1.82, 2.24) is 5.32 Å². The molecule has 2 rings (SSSR count). The molecule has 1 amide bonds. The first-order valence-corrected chi connectivity index (χ1v) is 6.92. The molecule has 2 N–H and O–H groups in total. The lowest BCUT2D eigenvalue weighted by Crippen LogP contribution is -2.45. The molecule has 0 radical (unpaired) electrons. The predicted molar refractivity (Wildman–Crippen MR) is 75.3 cm³/mol. The zero-order valence-corrected chi connectivity index (χ0v) is 12.1. The third-order valence-corrected chi connectivity index (χ3v) is 3.60. The van der Waals surface area contributed by atoms with Gasteiger partial charge in [0.25, 0.3) is 0 Å². The summed E-state index contributed by atoms with van der Waals surface area (Å²) in [6.07, 6.45) is 0.790. The van der Waals surface area contributed by atoms with Crippen molar-refractivity contribution in [2.45, 2.75) is 32.7 Å². The largest absolute Gasteiger partial charge is 0.480 e. The van der Waals surface area contributed by atoms with Crippen LogP contribution in [0.2, 0.25) is 0 Å². The molecule has 0 bridgehead atoms. The van der Waals surface area contributed by atoms with Crippen molar-refractivity contribution < 1.29 is 24.2 Å². The van der Waals surface area contributed by atoms with Crippen molar-refractivity contribution >= 4 is 11.9 Å². The second-order valence-electron chi connectivity index (χ2n) is 5.13. The maximum Gasteiger partial charge on any atom is 0.326 e. The van der Waals surface area contributed by atoms with E-state index in [9.17, 15) is 9.59 Å². The fourth-order valence-electron chi connectivity index (χ4n) is 2.14. The average molecular weight is 293 g/mol. The number of carbonyl (C=O) groups excluding carboxylic acids is 1. The Morgan fingerprint density at radius 2 is 2.05 bits per heavy atom. The van der Waals surface area contributed by atoms with Gasteiger partial charge in [0.1, 0.15) is 6.04 Å². The molecule has 0 saturated carbocycles. The fraction of sp³-hybridized carbons (Fsp3) is 0.467. The van der Waals surface area contributed by atoms with Gasteiger partial charge in [0, 0.05) is 0 Å². The molecule has 1 aromatic rings. The fourth-order valence-corrected chi connectivity index (χ4v) is 2.14. The maximum absolute atomic E-state index is 12.0. The molecule has 2 atom stereocenters. The molecule has 1 aromatic carbocycles. The van der Waals surface area contributed by atoms with E-state index in [4.69, 9.17) is 14.6 Å². The van der Waals surface area contributed by atoms with Crippen molar-refractivity contribution in [2.75, 3.05) is 6.79 Å². The van der Waals surface area contributed by atoms with Crippen LogP contribution < -0.4 is 14.8 Å². The molecule has 1 heterocycles. The van der Waals surface area contributed by atoms with E-state index in [2.05, 4.69) is 5.32 Å². The SMILES string of the molecule is CC[C@H](C)[C@H](NC(=O)Cc1ccc2c(c1)OCO2)C(=O)O. The molecule has 1 aliphatic heterocycles. The summed E-state index contributed by atoms with van der Waals surface area (Å²) in [4.78, 5) is 23.2. The molecule has 0 saturated heterocycles. The molecule has 0 unspecified atom stereocenters.